The number of hydrogen-bond acceptors (Lipinski definition) is 5. The Bertz CT molecular complexity index is 336. The number of amides is 2. The smallest absolute Gasteiger partial charge is 0.327 e. The number of carboxylic acid groups (broad SMARTS) is 1. The van der Waals surface area contributed by atoms with Gasteiger partial charge in [0, 0.05) is 12.7 Å². The van der Waals surface area contributed by atoms with Crippen molar-refractivity contribution in [2.24, 2.45) is 11.7 Å². The predicted octanol–water partition coefficient (Wildman–Crippen LogP) is -0.634. The van der Waals surface area contributed by atoms with Gasteiger partial charge in [0.1, 0.15) is 6.04 Å². The molecule has 0 unspecified atom stereocenters. The van der Waals surface area contributed by atoms with E-state index in [0.717, 1.165) is 0 Å². The van der Waals surface area contributed by atoms with Gasteiger partial charge in [-0.2, -0.15) is 0 Å². The van der Waals surface area contributed by atoms with Crippen LogP contribution in [-0.4, -0.2) is 46.6 Å². The molecule has 110 valence electrons. The van der Waals surface area contributed by atoms with Crippen LogP contribution in [0.2, 0.25) is 0 Å². The molecule has 0 spiro atoms. The highest BCUT2D eigenvalue weighted by Gasteiger charge is 2.24. The first-order valence-electron chi connectivity index (χ1n) is 5.86. The number of rotatable bonds is 8. The van der Waals surface area contributed by atoms with E-state index in [9.17, 15) is 14.4 Å². The highest BCUT2D eigenvalue weighted by atomic mass is 32.2. The average Bonchev–Trinajstić information content (AvgIpc) is 2.30. The minimum atomic E-state index is -1.13. The third kappa shape index (κ3) is 7.68. The fourth-order valence-corrected chi connectivity index (χ4v) is 1.96. The molecule has 19 heavy (non-hydrogen) atoms. The highest BCUT2D eigenvalue weighted by Crippen LogP contribution is 2.04. The Labute approximate surface area is 116 Å². The van der Waals surface area contributed by atoms with Gasteiger partial charge in [-0.3, -0.25) is 9.59 Å². The molecule has 0 aliphatic carbocycles. The van der Waals surface area contributed by atoms with Crippen LogP contribution in [0.4, 0.5) is 0 Å². The van der Waals surface area contributed by atoms with Gasteiger partial charge in [-0.15, -0.1) is 11.8 Å². The second kappa shape index (κ2) is 8.76. The normalized spacial score (nSPS) is 13.7. The molecule has 0 aromatic heterocycles. The van der Waals surface area contributed by atoms with E-state index in [1.807, 2.05) is 0 Å². The van der Waals surface area contributed by atoms with Gasteiger partial charge in [0.15, 0.2) is 0 Å². The molecular weight excluding hydrogens is 270 g/mol. The lowest BCUT2D eigenvalue weighted by Crippen LogP contribution is -2.51. The van der Waals surface area contributed by atoms with Crippen LogP contribution in [0.1, 0.15) is 20.8 Å². The largest absolute Gasteiger partial charge is 0.480 e. The predicted molar refractivity (Wildman–Crippen MR) is 73.5 cm³/mol. The summed E-state index contributed by atoms with van der Waals surface area (Å²) >= 11 is 1.21. The lowest BCUT2D eigenvalue weighted by Gasteiger charge is -2.19. The number of carbonyl (C=O) groups excluding carboxylic acids is 2. The molecule has 0 fully saturated rings. The van der Waals surface area contributed by atoms with Crippen molar-refractivity contribution < 1.29 is 19.5 Å². The van der Waals surface area contributed by atoms with E-state index in [1.165, 1.54) is 18.7 Å². The molecule has 0 saturated heterocycles. The van der Waals surface area contributed by atoms with Crippen LogP contribution in [0, 0.1) is 5.92 Å². The summed E-state index contributed by atoms with van der Waals surface area (Å²) in [5.41, 5.74) is 5.63. The molecule has 0 aromatic carbocycles. The van der Waals surface area contributed by atoms with E-state index in [0.29, 0.717) is 5.88 Å². The van der Waals surface area contributed by atoms with Crippen molar-refractivity contribution in [2.45, 2.75) is 32.9 Å². The molecule has 0 aliphatic rings. The van der Waals surface area contributed by atoms with Crippen molar-refractivity contribution in [1.29, 1.82) is 0 Å². The Kier molecular flexibility index (Phi) is 8.17. The Morgan fingerprint density at radius 1 is 1.32 bits per heavy atom. The van der Waals surface area contributed by atoms with Gasteiger partial charge in [0.05, 0.1) is 11.9 Å². The molecule has 5 N–H and O–H groups in total. The first-order chi connectivity index (χ1) is 8.75. The van der Waals surface area contributed by atoms with Crippen LogP contribution in [0.15, 0.2) is 0 Å². The summed E-state index contributed by atoms with van der Waals surface area (Å²) in [4.78, 5) is 33.3. The fourth-order valence-electron chi connectivity index (χ4n) is 1.07. The number of carboxylic acids is 1. The Balaban J connectivity index is 4.23. The van der Waals surface area contributed by atoms with Gasteiger partial charge >= 0.3 is 5.97 Å². The van der Waals surface area contributed by atoms with Gasteiger partial charge in [-0.25, -0.2) is 4.79 Å². The van der Waals surface area contributed by atoms with Crippen LogP contribution in [0.5, 0.6) is 0 Å². The molecule has 0 radical (unpaired) electrons. The van der Waals surface area contributed by atoms with Crippen LogP contribution >= 0.6 is 11.8 Å². The maximum atomic E-state index is 11.7. The molecule has 8 heteroatoms. The summed E-state index contributed by atoms with van der Waals surface area (Å²) in [5.74, 6) is -1.41. The lowest BCUT2D eigenvalue weighted by atomic mass is 10.0. The minimum Gasteiger partial charge on any atom is -0.480 e. The second-order valence-corrected chi connectivity index (χ2v) is 5.45. The van der Waals surface area contributed by atoms with Gasteiger partial charge < -0.3 is 21.5 Å². The van der Waals surface area contributed by atoms with E-state index in [1.54, 1.807) is 13.8 Å². The number of nitrogens with one attached hydrogen (secondary N) is 2. The molecule has 0 bridgehead atoms. The minimum absolute atomic E-state index is 0.0681. The van der Waals surface area contributed by atoms with Crippen molar-refractivity contribution in [3.8, 4) is 0 Å². The second-order valence-electron chi connectivity index (χ2n) is 4.42. The summed E-state index contributed by atoms with van der Waals surface area (Å²) in [6.45, 7) is 4.94. The molecule has 0 rings (SSSR count). The standard InChI is InChI=1S/C11H21N3O4S/c1-6(2)9(12)10(16)14-8(11(17)18)4-19-5-13-7(3)15/h6,8-9H,4-5,12H2,1-3H3,(H,13,15)(H,14,16)(H,17,18)/t8-,9-/m0/s1. The van der Waals surface area contributed by atoms with Crippen molar-refractivity contribution in [1.82, 2.24) is 10.6 Å². The summed E-state index contributed by atoms with van der Waals surface area (Å²) < 4.78 is 0. The molecule has 0 aliphatic heterocycles. The van der Waals surface area contributed by atoms with Crippen LogP contribution in [0.25, 0.3) is 0 Å². The Morgan fingerprint density at radius 3 is 2.32 bits per heavy atom. The van der Waals surface area contributed by atoms with Gasteiger partial charge in [0.25, 0.3) is 0 Å². The lowest BCUT2D eigenvalue weighted by molar-refractivity contribution is -0.141. The molecule has 0 aromatic rings. The van der Waals surface area contributed by atoms with E-state index < -0.39 is 24.0 Å². The molecule has 0 heterocycles. The zero-order valence-electron chi connectivity index (χ0n) is 11.3. The number of aliphatic carboxylic acids is 1. The molecule has 7 nitrogen and oxygen atoms in total. The third-order valence-electron chi connectivity index (χ3n) is 2.34. The van der Waals surface area contributed by atoms with Crippen molar-refractivity contribution in [3.05, 3.63) is 0 Å². The Hall–Kier alpha value is -1.28. The summed E-state index contributed by atoms with van der Waals surface area (Å²) in [6, 6.07) is -1.75. The van der Waals surface area contributed by atoms with E-state index in [-0.39, 0.29) is 17.6 Å². The van der Waals surface area contributed by atoms with Crippen LogP contribution in [0.3, 0.4) is 0 Å². The summed E-state index contributed by atoms with van der Waals surface area (Å²) in [5, 5.41) is 13.9. The molecule has 0 saturated carbocycles. The molecule has 2 amide bonds. The Morgan fingerprint density at radius 2 is 1.89 bits per heavy atom. The fraction of sp³-hybridized carbons (Fsp3) is 0.727. The van der Waals surface area contributed by atoms with Gasteiger partial charge in [-0.1, -0.05) is 13.8 Å². The molecular formula is C11H21N3O4S. The molecule has 2 atom stereocenters. The highest BCUT2D eigenvalue weighted by molar-refractivity contribution is 7.99. The van der Waals surface area contributed by atoms with E-state index >= 15 is 0 Å². The zero-order chi connectivity index (χ0) is 15.0. The average molecular weight is 291 g/mol. The van der Waals surface area contributed by atoms with Crippen molar-refractivity contribution in [3.63, 3.8) is 0 Å². The van der Waals surface area contributed by atoms with Crippen LogP contribution in [-0.2, 0) is 14.4 Å². The topological polar surface area (TPSA) is 122 Å². The monoisotopic (exact) mass is 291 g/mol. The number of hydrogen-bond donors (Lipinski definition) is 4. The maximum Gasteiger partial charge on any atom is 0.327 e. The number of nitrogens with two attached hydrogens (primary N) is 1. The number of carbonyl (C=O) groups is 3. The van der Waals surface area contributed by atoms with Gasteiger partial charge in [-0.05, 0) is 5.92 Å². The van der Waals surface area contributed by atoms with Crippen LogP contribution < -0.4 is 16.4 Å². The first-order valence-corrected chi connectivity index (χ1v) is 7.02. The first kappa shape index (κ1) is 17.7. The maximum absolute atomic E-state index is 11.7. The van der Waals surface area contributed by atoms with Crippen molar-refractivity contribution >= 4 is 29.5 Å². The summed E-state index contributed by atoms with van der Waals surface area (Å²) in [7, 11) is 0. The van der Waals surface area contributed by atoms with Gasteiger partial charge in [0.2, 0.25) is 11.8 Å². The zero-order valence-corrected chi connectivity index (χ0v) is 12.1. The van der Waals surface area contributed by atoms with Crippen molar-refractivity contribution in [2.75, 3.05) is 11.6 Å². The van der Waals surface area contributed by atoms with E-state index in [4.69, 9.17) is 10.8 Å². The summed E-state index contributed by atoms with van der Waals surface area (Å²) in [6.07, 6.45) is 0. The number of thioether (sulfide) groups is 1. The van der Waals surface area contributed by atoms with E-state index in [2.05, 4.69) is 10.6 Å². The SMILES string of the molecule is CC(=O)NCSC[C@H](NC(=O)[C@@H](N)C(C)C)C(=O)O. The third-order valence-corrected chi connectivity index (χ3v) is 3.26. The quantitative estimate of drug-likeness (QED) is 0.349.